The van der Waals surface area contributed by atoms with Gasteiger partial charge in [0.25, 0.3) is 0 Å². The summed E-state index contributed by atoms with van der Waals surface area (Å²) in [5, 5.41) is 8.92. The van der Waals surface area contributed by atoms with E-state index in [-0.39, 0.29) is 12.2 Å². The van der Waals surface area contributed by atoms with Crippen molar-refractivity contribution in [3.8, 4) is 0 Å². The molecule has 1 heterocycles. The smallest absolute Gasteiger partial charge is 0.359 e. The van der Waals surface area contributed by atoms with Crippen LogP contribution in [0.4, 0.5) is 0 Å². The van der Waals surface area contributed by atoms with Gasteiger partial charge in [0.2, 0.25) is 0 Å². The number of carboxylic acids is 1. The van der Waals surface area contributed by atoms with Crippen LogP contribution in [0.1, 0.15) is 20.3 Å². The fourth-order valence-electron chi connectivity index (χ4n) is 2.19. The molecule has 14 heavy (non-hydrogen) atoms. The Balaban J connectivity index is 2.88. The third-order valence-corrected chi connectivity index (χ3v) is 3.88. The molecule has 4 heteroatoms. The molecule has 0 saturated carbocycles. The molecule has 1 aliphatic heterocycles. The Morgan fingerprint density at radius 3 is 2.64 bits per heavy atom. The molecular formula is C10H21N2O2+. The Hall–Kier alpha value is -0.610. The van der Waals surface area contributed by atoms with Crippen molar-refractivity contribution in [2.24, 2.45) is 0 Å². The van der Waals surface area contributed by atoms with Gasteiger partial charge in [0.1, 0.15) is 5.66 Å². The Morgan fingerprint density at radius 1 is 1.57 bits per heavy atom. The van der Waals surface area contributed by atoms with Gasteiger partial charge in [0.15, 0.2) is 6.54 Å². The van der Waals surface area contributed by atoms with Crippen molar-refractivity contribution in [3.05, 3.63) is 0 Å². The van der Waals surface area contributed by atoms with Crippen LogP contribution in [0.2, 0.25) is 0 Å². The fourth-order valence-corrected chi connectivity index (χ4v) is 2.19. The quantitative estimate of drug-likeness (QED) is 0.665. The van der Waals surface area contributed by atoms with Gasteiger partial charge in [-0.25, -0.2) is 4.79 Å². The summed E-state index contributed by atoms with van der Waals surface area (Å²) in [6.07, 6.45) is 1.07. The number of likely N-dealkylation sites (N-methyl/N-ethyl adjacent to an activating group) is 1. The first-order valence-corrected chi connectivity index (χ1v) is 5.07. The summed E-state index contributed by atoms with van der Waals surface area (Å²) in [4.78, 5) is 13.1. The van der Waals surface area contributed by atoms with Crippen LogP contribution in [0, 0.1) is 0 Å². The van der Waals surface area contributed by atoms with E-state index >= 15 is 0 Å². The van der Waals surface area contributed by atoms with E-state index in [1.165, 1.54) is 0 Å². The molecule has 0 aromatic heterocycles. The lowest BCUT2D eigenvalue weighted by Gasteiger charge is -2.54. The standard InChI is InChI=1S/C10H20N2O2/c1-10(2)11(3)6-5-7-12(10,4)8-9(13)14/h5-8H2,1-4H3/p+1. The van der Waals surface area contributed by atoms with Gasteiger partial charge in [-0.3, -0.25) is 9.38 Å². The summed E-state index contributed by atoms with van der Waals surface area (Å²) in [6.45, 7) is 6.45. The number of quaternary nitrogens is 1. The van der Waals surface area contributed by atoms with Crippen molar-refractivity contribution >= 4 is 5.97 Å². The molecule has 1 atom stereocenters. The molecule has 0 aromatic rings. The lowest BCUT2D eigenvalue weighted by molar-refractivity contribution is -0.967. The Morgan fingerprint density at radius 2 is 2.14 bits per heavy atom. The maximum Gasteiger partial charge on any atom is 0.359 e. The Labute approximate surface area is 85.7 Å². The second kappa shape index (κ2) is 3.51. The summed E-state index contributed by atoms with van der Waals surface area (Å²) in [7, 11) is 4.10. The van der Waals surface area contributed by atoms with Crippen LogP contribution >= 0.6 is 0 Å². The second-order valence-electron chi connectivity index (χ2n) is 4.94. The van der Waals surface area contributed by atoms with Crippen LogP contribution in [0.25, 0.3) is 0 Å². The third kappa shape index (κ3) is 1.77. The van der Waals surface area contributed by atoms with Gasteiger partial charge in [-0.05, 0) is 7.05 Å². The Kier molecular flexibility index (Phi) is 2.88. The van der Waals surface area contributed by atoms with Crippen LogP contribution in [0.5, 0.6) is 0 Å². The molecule has 4 nitrogen and oxygen atoms in total. The first-order valence-electron chi connectivity index (χ1n) is 5.07. The molecule has 1 fully saturated rings. The molecule has 0 radical (unpaired) electrons. The van der Waals surface area contributed by atoms with Gasteiger partial charge in [0.05, 0.1) is 13.6 Å². The molecule has 1 saturated heterocycles. The first-order chi connectivity index (χ1) is 6.29. The van der Waals surface area contributed by atoms with Gasteiger partial charge >= 0.3 is 5.97 Å². The molecule has 1 aliphatic rings. The summed E-state index contributed by atoms with van der Waals surface area (Å²) < 4.78 is 0.596. The highest BCUT2D eigenvalue weighted by atomic mass is 16.4. The summed E-state index contributed by atoms with van der Waals surface area (Å²) in [6, 6.07) is 0. The van der Waals surface area contributed by atoms with Gasteiger partial charge in [-0.1, -0.05) is 0 Å². The lowest BCUT2D eigenvalue weighted by Crippen LogP contribution is -2.70. The highest BCUT2D eigenvalue weighted by Crippen LogP contribution is 2.29. The summed E-state index contributed by atoms with van der Waals surface area (Å²) in [5.41, 5.74) is -0.0867. The first kappa shape index (κ1) is 11.5. The average molecular weight is 201 g/mol. The van der Waals surface area contributed by atoms with Crippen molar-refractivity contribution in [2.45, 2.75) is 25.9 Å². The summed E-state index contributed by atoms with van der Waals surface area (Å²) in [5.74, 6) is -0.712. The third-order valence-electron chi connectivity index (χ3n) is 3.88. The zero-order valence-electron chi connectivity index (χ0n) is 9.58. The molecule has 1 rings (SSSR count). The number of aliphatic carboxylic acids is 1. The fraction of sp³-hybridized carbons (Fsp3) is 0.900. The zero-order valence-corrected chi connectivity index (χ0v) is 9.58. The number of nitrogens with zero attached hydrogens (tertiary/aromatic N) is 2. The predicted octanol–water partition coefficient (Wildman–Crippen LogP) is 0.589. The average Bonchev–Trinajstić information content (AvgIpc) is 1.99. The van der Waals surface area contributed by atoms with E-state index in [0.29, 0.717) is 4.48 Å². The van der Waals surface area contributed by atoms with Crippen LogP contribution in [-0.4, -0.2) is 59.9 Å². The number of rotatable bonds is 2. The largest absolute Gasteiger partial charge is 0.477 e. The van der Waals surface area contributed by atoms with Crippen LogP contribution < -0.4 is 0 Å². The molecule has 0 bridgehead atoms. The van der Waals surface area contributed by atoms with Crippen molar-refractivity contribution < 1.29 is 14.4 Å². The minimum atomic E-state index is -0.712. The SMILES string of the molecule is CN1CCC[N+](C)(CC(=O)O)C1(C)C. The summed E-state index contributed by atoms with van der Waals surface area (Å²) >= 11 is 0. The van der Waals surface area contributed by atoms with Crippen molar-refractivity contribution in [1.82, 2.24) is 4.90 Å². The molecule has 1 unspecified atom stereocenters. The number of hydrogen-bond acceptors (Lipinski definition) is 2. The van der Waals surface area contributed by atoms with E-state index in [2.05, 4.69) is 25.8 Å². The molecule has 1 N–H and O–H groups in total. The topological polar surface area (TPSA) is 40.5 Å². The van der Waals surface area contributed by atoms with E-state index < -0.39 is 5.97 Å². The Bertz CT molecular complexity index is 240. The lowest BCUT2D eigenvalue weighted by atomic mass is 10.0. The number of carbonyl (C=O) groups is 1. The van der Waals surface area contributed by atoms with Crippen molar-refractivity contribution in [1.29, 1.82) is 0 Å². The van der Waals surface area contributed by atoms with Crippen LogP contribution in [0.3, 0.4) is 0 Å². The van der Waals surface area contributed by atoms with Gasteiger partial charge < -0.3 is 5.11 Å². The maximum atomic E-state index is 10.8. The molecule has 0 amide bonds. The predicted molar refractivity (Wildman–Crippen MR) is 54.9 cm³/mol. The molecular weight excluding hydrogens is 180 g/mol. The van der Waals surface area contributed by atoms with E-state index in [1.807, 2.05) is 7.05 Å². The zero-order chi connectivity index (χ0) is 11.0. The number of carboxylic acid groups (broad SMARTS) is 1. The number of hydrogen-bond donors (Lipinski definition) is 1. The van der Waals surface area contributed by atoms with Crippen LogP contribution in [0.15, 0.2) is 0 Å². The van der Waals surface area contributed by atoms with E-state index in [0.717, 1.165) is 19.5 Å². The second-order valence-corrected chi connectivity index (χ2v) is 4.94. The molecule has 0 aliphatic carbocycles. The normalized spacial score (nSPS) is 32.9. The highest BCUT2D eigenvalue weighted by Gasteiger charge is 2.47. The minimum absolute atomic E-state index is 0.0867. The van der Waals surface area contributed by atoms with E-state index in [1.54, 1.807) is 0 Å². The minimum Gasteiger partial charge on any atom is -0.477 e. The highest BCUT2D eigenvalue weighted by molar-refractivity contribution is 5.68. The monoisotopic (exact) mass is 201 g/mol. The maximum absolute atomic E-state index is 10.8. The molecule has 0 spiro atoms. The molecule has 0 aromatic carbocycles. The van der Waals surface area contributed by atoms with E-state index in [9.17, 15) is 4.79 Å². The van der Waals surface area contributed by atoms with Gasteiger partial charge in [-0.15, -0.1) is 0 Å². The van der Waals surface area contributed by atoms with Crippen LogP contribution in [-0.2, 0) is 4.79 Å². The molecule has 82 valence electrons. The van der Waals surface area contributed by atoms with Gasteiger partial charge in [0, 0.05) is 26.8 Å². The van der Waals surface area contributed by atoms with Crippen molar-refractivity contribution in [2.75, 3.05) is 33.7 Å². The van der Waals surface area contributed by atoms with Crippen molar-refractivity contribution in [3.63, 3.8) is 0 Å². The van der Waals surface area contributed by atoms with Gasteiger partial charge in [-0.2, -0.15) is 0 Å². The van der Waals surface area contributed by atoms with E-state index in [4.69, 9.17) is 5.11 Å².